The molecule has 0 aliphatic carbocycles. The molecular formula is C22H19BrFNO. The normalized spacial score (nSPS) is 12.0. The lowest BCUT2D eigenvalue weighted by Crippen LogP contribution is -2.36. The third-order valence-electron chi connectivity index (χ3n) is 4.19. The number of carbonyl (C=O) groups excluding carboxylic acids is 1. The Morgan fingerprint density at radius 2 is 1.35 bits per heavy atom. The summed E-state index contributed by atoms with van der Waals surface area (Å²) in [6.07, 6.45) is 0.287. The Morgan fingerprint density at radius 1 is 0.846 bits per heavy atom. The quantitative estimate of drug-likeness (QED) is 0.565. The monoisotopic (exact) mass is 411 g/mol. The smallest absolute Gasteiger partial charge is 0.234 e. The van der Waals surface area contributed by atoms with Crippen molar-refractivity contribution < 1.29 is 9.18 Å². The zero-order valence-electron chi connectivity index (χ0n) is 14.1. The van der Waals surface area contributed by atoms with E-state index in [9.17, 15) is 9.18 Å². The molecule has 3 rings (SSSR count). The minimum Gasteiger partial charge on any atom is -0.344 e. The van der Waals surface area contributed by atoms with Crippen LogP contribution in [0.25, 0.3) is 0 Å². The number of rotatable bonds is 6. The van der Waals surface area contributed by atoms with Crippen LogP contribution in [0.15, 0.2) is 84.9 Å². The third kappa shape index (κ3) is 4.58. The fourth-order valence-electron chi connectivity index (χ4n) is 2.83. The highest BCUT2D eigenvalue weighted by Gasteiger charge is 2.22. The molecule has 0 aliphatic rings. The van der Waals surface area contributed by atoms with Crippen LogP contribution in [0, 0.1) is 5.82 Å². The maximum absolute atomic E-state index is 13.9. The van der Waals surface area contributed by atoms with Crippen molar-refractivity contribution in [3.8, 4) is 0 Å². The molecule has 26 heavy (non-hydrogen) atoms. The van der Waals surface area contributed by atoms with Gasteiger partial charge in [-0.2, -0.15) is 0 Å². The van der Waals surface area contributed by atoms with E-state index in [2.05, 4.69) is 21.2 Å². The van der Waals surface area contributed by atoms with Gasteiger partial charge >= 0.3 is 0 Å². The van der Waals surface area contributed by atoms with Crippen LogP contribution in [0.2, 0.25) is 0 Å². The molecule has 2 nitrogen and oxygen atoms in total. The minimum atomic E-state index is -0.519. The number of hydrogen-bond acceptors (Lipinski definition) is 1. The minimum absolute atomic E-state index is 0.175. The molecule has 132 valence electrons. The molecule has 0 radical (unpaired) electrons. The van der Waals surface area contributed by atoms with Gasteiger partial charge in [0.2, 0.25) is 5.91 Å². The lowest BCUT2D eigenvalue weighted by atomic mass is 9.98. The molecule has 0 saturated carbocycles. The van der Waals surface area contributed by atoms with Gasteiger partial charge in [0.1, 0.15) is 5.82 Å². The largest absolute Gasteiger partial charge is 0.344 e. The van der Waals surface area contributed by atoms with Crippen molar-refractivity contribution in [2.45, 2.75) is 17.3 Å². The maximum atomic E-state index is 13.9. The van der Waals surface area contributed by atoms with Crippen LogP contribution in [0.1, 0.15) is 22.7 Å². The number of halogens is 2. The van der Waals surface area contributed by atoms with Gasteiger partial charge in [-0.15, -0.1) is 0 Å². The van der Waals surface area contributed by atoms with Gasteiger partial charge in [-0.25, -0.2) is 4.39 Å². The van der Waals surface area contributed by atoms with Crippen molar-refractivity contribution in [2.75, 3.05) is 0 Å². The van der Waals surface area contributed by atoms with Gasteiger partial charge in [-0.1, -0.05) is 94.8 Å². The molecule has 1 atom stereocenters. The van der Waals surface area contributed by atoms with E-state index in [0.717, 1.165) is 11.1 Å². The van der Waals surface area contributed by atoms with E-state index in [1.54, 1.807) is 18.2 Å². The summed E-state index contributed by atoms with van der Waals surface area (Å²) < 4.78 is 13.9. The molecule has 0 bridgehead atoms. The zero-order valence-corrected chi connectivity index (χ0v) is 15.7. The summed E-state index contributed by atoms with van der Waals surface area (Å²) in [6.45, 7) is 0. The number of benzene rings is 3. The number of alkyl halides is 1. The molecule has 0 saturated heterocycles. The van der Waals surface area contributed by atoms with Crippen LogP contribution in [0.3, 0.4) is 0 Å². The van der Waals surface area contributed by atoms with Gasteiger partial charge in [0.25, 0.3) is 0 Å². The summed E-state index contributed by atoms with van der Waals surface area (Å²) in [7, 11) is 0. The second kappa shape index (κ2) is 8.77. The van der Waals surface area contributed by atoms with Crippen LogP contribution in [0.4, 0.5) is 4.39 Å². The van der Waals surface area contributed by atoms with E-state index in [1.807, 2.05) is 60.7 Å². The Kier molecular flexibility index (Phi) is 6.18. The number of carbonyl (C=O) groups is 1. The summed E-state index contributed by atoms with van der Waals surface area (Å²) >= 11 is 3.41. The zero-order chi connectivity index (χ0) is 18.4. The molecule has 0 aliphatic heterocycles. The van der Waals surface area contributed by atoms with Crippen molar-refractivity contribution >= 4 is 21.8 Å². The van der Waals surface area contributed by atoms with Gasteiger partial charge in [0.15, 0.2) is 0 Å². The van der Waals surface area contributed by atoms with Gasteiger partial charge in [-0.05, 0) is 29.2 Å². The van der Waals surface area contributed by atoms with Crippen LogP contribution < -0.4 is 5.32 Å². The van der Waals surface area contributed by atoms with Gasteiger partial charge in [0.05, 0.1) is 10.9 Å². The van der Waals surface area contributed by atoms with E-state index in [4.69, 9.17) is 0 Å². The molecule has 3 aromatic rings. The highest BCUT2D eigenvalue weighted by atomic mass is 79.9. The van der Waals surface area contributed by atoms with Gasteiger partial charge < -0.3 is 5.32 Å². The lowest BCUT2D eigenvalue weighted by molar-refractivity contribution is -0.120. The summed E-state index contributed by atoms with van der Waals surface area (Å²) in [5.41, 5.74) is 2.51. The number of nitrogens with one attached hydrogen (secondary N) is 1. The summed E-state index contributed by atoms with van der Waals surface area (Å²) in [5, 5.41) is 3.08. The van der Waals surface area contributed by atoms with Gasteiger partial charge in [-0.3, -0.25) is 4.79 Å². The molecule has 1 N–H and O–H groups in total. The lowest BCUT2D eigenvalue weighted by Gasteiger charge is -2.22. The summed E-state index contributed by atoms with van der Waals surface area (Å²) in [5.74, 6) is -0.474. The molecule has 0 aromatic heterocycles. The van der Waals surface area contributed by atoms with E-state index < -0.39 is 4.83 Å². The first-order chi connectivity index (χ1) is 12.6. The van der Waals surface area contributed by atoms with Gasteiger partial charge in [0, 0.05) is 0 Å². The second-order valence-corrected chi connectivity index (χ2v) is 7.13. The molecule has 3 aromatic carbocycles. The van der Waals surface area contributed by atoms with Crippen molar-refractivity contribution in [1.82, 2.24) is 5.32 Å². The van der Waals surface area contributed by atoms with E-state index >= 15 is 0 Å². The standard InChI is InChI=1S/C22H19BrFNO/c23-19(15-18-13-7-8-14-20(18)24)22(26)25-21(16-9-3-1-4-10-16)17-11-5-2-6-12-17/h1-14,19,21H,15H2,(H,25,26). The Balaban J connectivity index is 1.78. The Labute approximate surface area is 161 Å². The number of amides is 1. The Hall–Kier alpha value is -2.46. The van der Waals surface area contributed by atoms with Crippen molar-refractivity contribution in [2.24, 2.45) is 0 Å². The second-order valence-electron chi connectivity index (χ2n) is 6.03. The highest BCUT2D eigenvalue weighted by Crippen LogP contribution is 2.23. The van der Waals surface area contributed by atoms with E-state index in [1.165, 1.54) is 6.07 Å². The first-order valence-corrected chi connectivity index (χ1v) is 9.34. The number of hydrogen-bond donors (Lipinski definition) is 1. The molecule has 4 heteroatoms. The highest BCUT2D eigenvalue weighted by molar-refractivity contribution is 9.10. The van der Waals surface area contributed by atoms with Crippen molar-refractivity contribution in [3.63, 3.8) is 0 Å². The summed E-state index contributed by atoms with van der Waals surface area (Å²) in [6, 6.07) is 25.9. The molecule has 0 spiro atoms. The maximum Gasteiger partial charge on any atom is 0.234 e. The fraction of sp³-hybridized carbons (Fsp3) is 0.136. The first-order valence-electron chi connectivity index (χ1n) is 8.43. The molecule has 1 amide bonds. The summed E-state index contributed by atoms with van der Waals surface area (Å²) in [4.78, 5) is 12.2. The van der Waals surface area contributed by atoms with Crippen molar-refractivity contribution in [3.05, 3.63) is 107 Å². The molecule has 1 unspecified atom stereocenters. The SMILES string of the molecule is O=C(NC(c1ccccc1)c1ccccc1)C(Br)Cc1ccccc1F. The fourth-order valence-corrected chi connectivity index (χ4v) is 3.31. The topological polar surface area (TPSA) is 29.1 Å². The third-order valence-corrected chi connectivity index (χ3v) is 4.93. The van der Waals surface area contributed by atoms with Crippen LogP contribution in [-0.4, -0.2) is 10.7 Å². The van der Waals surface area contributed by atoms with Crippen molar-refractivity contribution in [1.29, 1.82) is 0 Å². The van der Waals surface area contributed by atoms with E-state index in [0.29, 0.717) is 5.56 Å². The molecule has 0 fully saturated rings. The van der Waals surface area contributed by atoms with Crippen LogP contribution in [0.5, 0.6) is 0 Å². The Bertz CT molecular complexity index is 815. The average molecular weight is 412 g/mol. The predicted molar refractivity (Wildman–Crippen MR) is 106 cm³/mol. The van der Waals surface area contributed by atoms with Crippen LogP contribution >= 0.6 is 15.9 Å². The molecule has 0 heterocycles. The van der Waals surface area contributed by atoms with E-state index in [-0.39, 0.29) is 24.2 Å². The predicted octanol–water partition coefficient (Wildman–Crippen LogP) is 5.04. The molecular weight excluding hydrogens is 393 g/mol. The Morgan fingerprint density at radius 3 is 1.88 bits per heavy atom. The first kappa shape index (κ1) is 18.3. The average Bonchev–Trinajstić information content (AvgIpc) is 2.69. The van der Waals surface area contributed by atoms with Crippen LogP contribution in [-0.2, 0) is 11.2 Å².